The van der Waals surface area contributed by atoms with Crippen molar-refractivity contribution in [2.45, 2.75) is 31.8 Å². The fourth-order valence-electron chi connectivity index (χ4n) is 2.35. The number of rotatable bonds is 7. The molecule has 0 aliphatic heterocycles. The number of carboxylic acids is 1. The first-order valence-electron chi connectivity index (χ1n) is 8.58. The van der Waals surface area contributed by atoms with Gasteiger partial charge in [-0.15, -0.1) is 5.10 Å². The Labute approximate surface area is 154 Å². The van der Waals surface area contributed by atoms with Crippen LogP contribution in [-0.2, 0) is 0 Å². The standard InChI is InChI=1S/C16H15ClF3N3O3/c17-13-10(14(24)25)2-3-11(21-13)23-8-4-12(22-23)26-9-1-5-15(6-7-15)16(18,19)20/h2-4,8H,1,5-7,9H2,(H,24,25)/i1D2. The third-order valence-electron chi connectivity index (χ3n) is 4.10. The van der Waals surface area contributed by atoms with Crippen molar-refractivity contribution in [2.24, 2.45) is 5.41 Å². The molecular formula is C16H15ClF3N3O3. The molecule has 0 unspecified atom stereocenters. The highest BCUT2D eigenvalue weighted by Gasteiger charge is 2.62. The molecule has 0 amide bonds. The average molecular weight is 392 g/mol. The number of pyridine rings is 1. The molecular weight excluding hydrogens is 375 g/mol. The van der Waals surface area contributed by atoms with Crippen LogP contribution in [0.3, 0.4) is 0 Å². The molecule has 0 spiro atoms. The second-order valence-electron chi connectivity index (χ2n) is 5.91. The van der Waals surface area contributed by atoms with Crippen molar-refractivity contribution >= 4 is 17.6 Å². The van der Waals surface area contributed by atoms with Crippen LogP contribution in [-0.4, -0.2) is 38.6 Å². The zero-order valence-corrected chi connectivity index (χ0v) is 14.0. The Kier molecular flexibility index (Phi) is 4.16. The Morgan fingerprint density at radius 3 is 2.73 bits per heavy atom. The van der Waals surface area contributed by atoms with Gasteiger partial charge in [0.25, 0.3) is 0 Å². The summed E-state index contributed by atoms with van der Waals surface area (Å²) < 4.78 is 61.2. The molecule has 1 N–H and O–H groups in total. The highest BCUT2D eigenvalue weighted by molar-refractivity contribution is 6.32. The third-order valence-corrected chi connectivity index (χ3v) is 4.39. The summed E-state index contributed by atoms with van der Waals surface area (Å²) in [4.78, 5) is 14.8. The molecule has 1 fully saturated rings. The van der Waals surface area contributed by atoms with Crippen LogP contribution in [0.25, 0.3) is 5.82 Å². The van der Waals surface area contributed by atoms with E-state index in [0.717, 1.165) is 0 Å². The van der Waals surface area contributed by atoms with Crippen LogP contribution in [0.2, 0.25) is 5.15 Å². The molecule has 1 aliphatic rings. The first kappa shape index (κ1) is 15.9. The van der Waals surface area contributed by atoms with Gasteiger partial charge in [0.15, 0.2) is 5.82 Å². The van der Waals surface area contributed by atoms with Crippen LogP contribution in [0.4, 0.5) is 13.2 Å². The lowest BCUT2D eigenvalue weighted by molar-refractivity contribution is -0.189. The number of carboxylic acid groups (broad SMARTS) is 1. The summed E-state index contributed by atoms with van der Waals surface area (Å²) in [5.41, 5.74) is -2.15. The molecule has 3 rings (SSSR count). The minimum Gasteiger partial charge on any atom is -0.478 e. The molecule has 26 heavy (non-hydrogen) atoms. The lowest BCUT2D eigenvalue weighted by atomic mass is 10.0. The number of nitrogens with zero attached hydrogens (tertiary/aromatic N) is 3. The van der Waals surface area contributed by atoms with Gasteiger partial charge in [-0.25, -0.2) is 14.5 Å². The van der Waals surface area contributed by atoms with Gasteiger partial charge < -0.3 is 9.84 Å². The second-order valence-corrected chi connectivity index (χ2v) is 6.26. The minimum absolute atomic E-state index is 0.0130. The van der Waals surface area contributed by atoms with Crippen molar-refractivity contribution < 1.29 is 30.6 Å². The summed E-state index contributed by atoms with van der Waals surface area (Å²) in [7, 11) is 0. The molecule has 0 bridgehead atoms. The van der Waals surface area contributed by atoms with E-state index in [1.807, 2.05) is 0 Å². The first-order valence-corrected chi connectivity index (χ1v) is 7.96. The van der Waals surface area contributed by atoms with Crippen molar-refractivity contribution in [2.75, 3.05) is 6.61 Å². The molecule has 2 heterocycles. The number of aromatic nitrogens is 3. The van der Waals surface area contributed by atoms with E-state index in [0.29, 0.717) is 0 Å². The van der Waals surface area contributed by atoms with Crippen LogP contribution in [0.15, 0.2) is 24.4 Å². The highest BCUT2D eigenvalue weighted by Crippen LogP contribution is 2.60. The molecule has 2 aromatic rings. The first-order chi connectivity index (χ1) is 12.9. The van der Waals surface area contributed by atoms with E-state index >= 15 is 0 Å². The molecule has 140 valence electrons. The summed E-state index contributed by atoms with van der Waals surface area (Å²) in [6.45, 7) is -0.589. The smallest absolute Gasteiger partial charge is 0.394 e. The molecule has 0 aromatic carbocycles. The quantitative estimate of drug-likeness (QED) is 0.718. The summed E-state index contributed by atoms with van der Waals surface area (Å²) in [6, 6.07) is 4.00. The third kappa shape index (κ3) is 3.77. The fourth-order valence-corrected chi connectivity index (χ4v) is 2.58. The summed E-state index contributed by atoms with van der Waals surface area (Å²) >= 11 is 5.80. The molecule has 0 atom stereocenters. The van der Waals surface area contributed by atoms with Crippen molar-refractivity contribution in [1.82, 2.24) is 14.8 Å². The van der Waals surface area contributed by atoms with E-state index in [1.165, 1.54) is 29.1 Å². The number of carbonyl (C=O) groups is 1. The van der Waals surface area contributed by atoms with E-state index in [1.54, 1.807) is 0 Å². The summed E-state index contributed by atoms with van der Waals surface area (Å²) in [6.07, 6.45) is -6.03. The number of halogens is 4. The number of hydrogen-bond acceptors (Lipinski definition) is 4. The molecule has 2 aromatic heterocycles. The maximum absolute atomic E-state index is 13.0. The Morgan fingerprint density at radius 2 is 2.15 bits per heavy atom. The van der Waals surface area contributed by atoms with Crippen molar-refractivity contribution in [3.63, 3.8) is 0 Å². The van der Waals surface area contributed by atoms with Crippen LogP contribution >= 0.6 is 11.6 Å². The van der Waals surface area contributed by atoms with Crippen LogP contribution < -0.4 is 4.74 Å². The molecule has 1 saturated carbocycles. The predicted molar refractivity (Wildman–Crippen MR) is 85.8 cm³/mol. The largest absolute Gasteiger partial charge is 0.478 e. The average Bonchev–Trinajstić information content (AvgIpc) is 3.20. The molecule has 0 saturated heterocycles. The van der Waals surface area contributed by atoms with E-state index < -0.39 is 37.0 Å². The fraction of sp³-hybridized carbons (Fsp3) is 0.438. The van der Waals surface area contributed by atoms with Gasteiger partial charge in [0.2, 0.25) is 5.88 Å². The van der Waals surface area contributed by atoms with Gasteiger partial charge in [-0.3, -0.25) is 0 Å². The molecule has 0 radical (unpaired) electrons. The maximum Gasteiger partial charge on any atom is 0.394 e. The van der Waals surface area contributed by atoms with Gasteiger partial charge in [-0.05, 0) is 37.8 Å². The van der Waals surface area contributed by atoms with E-state index in [-0.39, 0.29) is 35.3 Å². The van der Waals surface area contributed by atoms with Gasteiger partial charge in [0.1, 0.15) is 5.15 Å². The topological polar surface area (TPSA) is 77.2 Å². The molecule has 10 heteroatoms. The van der Waals surface area contributed by atoms with E-state index in [2.05, 4.69) is 10.1 Å². The van der Waals surface area contributed by atoms with Gasteiger partial charge >= 0.3 is 12.1 Å². The van der Waals surface area contributed by atoms with Crippen molar-refractivity contribution in [3.05, 3.63) is 35.1 Å². The lowest BCUT2D eigenvalue weighted by Gasteiger charge is -2.18. The number of ether oxygens (including phenoxy) is 1. The van der Waals surface area contributed by atoms with Crippen LogP contribution in [0.5, 0.6) is 5.88 Å². The maximum atomic E-state index is 13.0. The number of aromatic carboxylic acids is 1. The SMILES string of the molecule is [2H]C([2H])(COc1ccn(-c2ccc(C(=O)O)c(Cl)n2)n1)CC1(C(F)(F)F)CC1. The van der Waals surface area contributed by atoms with E-state index in [9.17, 15) is 18.0 Å². The van der Waals surface area contributed by atoms with Crippen molar-refractivity contribution in [1.29, 1.82) is 0 Å². The van der Waals surface area contributed by atoms with Crippen LogP contribution in [0.1, 0.15) is 38.7 Å². The van der Waals surface area contributed by atoms with Gasteiger partial charge in [-0.2, -0.15) is 13.2 Å². The zero-order valence-electron chi connectivity index (χ0n) is 15.3. The van der Waals surface area contributed by atoms with Gasteiger partial charge in [-0.1, -0.05) is 11.6 Å². The summed E-state index contributed by atoms with van der Waals surface area (Å²) in [5.74, 6) is -1.05. The Hall–Kier alpha value is -2.29. The van der Waals surface area contributed by atoms with Crippen molar-refractivity contribution in [3.8, 4) is 11.7 Å². The zero-order chi connectivity index (χ0) is 20.7. The Bertz CT molecular complexity index is 901. The number of alkyl halides is 3. The molecule has 1 aliphatic carbocycles. The van der Waals surface area contributed by atoms with E-state index in [4.69, 9.17) is 24.2 Å². The monoisotopic (exact) mass is 391 g/mol. The number of hydrogen-bond donors (Lipinski definition) is 1. The Morgan fingerprint density at radius 1 is 1.42 bits per heavy atom. The minimum atomic E-state index is -4.44. The second kappa shape index (κ2) is 6.79. The predicted octanol–water partition coefficient (Wildman–Crippen LogP) is 4.12. The van der Waals surface area contributed by atoms with Gasteiger partial charge in [0.05, 0.1) is 17.6 Å². The van der Waals surface area contributed by atoms with Crippen LogP contribution in [0, 0.1) is 5.41 Å². The lowest BCUT2D eigenvalue weighted by Crippen LogP contribution is -2.24. The highest BCUT2D eigenvalue weighted by atomic mass is 35.5. The van der Waals surface area contributed by atoms with Gasteiger partial charge in [0, 0.05) is 15.0 Å². The Balaban J connectivity index is 1.65. The molecule has 6 nitrogen and oxygen atoms in total. The normalized spacial score (nSPS) is 17.4. The summed E-state index contributed by atoms with van der Waals surface area (Å²) in [5, 5.41) is 12.7.